The molecule has 0 fully saturated rings. The molecule has 1 aliphatic rings. The zero-order chi connectivity index (χ0) is 32.0. The number of hydrogen-bond donors (Lipinski definition) is 0. The Hall–Kier alpha value is -4.87. The minimum absolute atomic E-state index is 0.137. The van der Waals surface area contributed by atoms with Gasteiger partial charge < -0.3 is 9.16 Å². The SMILES string of the molecule is CC(C)(C)[Si](Oc1cccc2c1CCCC(COC(=O)N(c1ccccc1)c1ccccc1)=C2)(c1ccccc1)c1ccccc1. The van der Waals surface area contributed by atoms with Gasteiger partial charge in [0, 0.05) is 0 Å². The third-order valence-corrected chi connectivity index (χ3v) is 13.7. The molecular formula is C41H41NO3Si. The second-order valence-electron chi connectivity index (χ2n) is 12.8. The first-order chi connectivity index (χ1) is 22.4. The normalized spacial score (nSPS) is 13.2. The van der Waals surface area contributed by atoms with Gasteiger partial charge in [-0.1, -0.05) is 136 Å². The van der Waals surface area contributed by atoms with E-state index in [1.54, 1.807) is 4.90 Å². The molecule has 0 atom stereocenters. The van der Waals surface area contributed by atoms with E-state index in [-0.39, 0.29) is 11.6 Å². The van der Waals surface area contributed by atoms with Crippen molar-refractivity contribution in [3.63, 3.8) is 0 Å². The second kappa shape index (κ2) is 13.6. The minimum atomic E-state index is -2.79. The number of nitrogens with zero attached hydrogens (tertiary/aromatic N) is 1. The van der Waals surface area contributed by atoms with Gasteiger partial charge in [-0.05, 0) is 81.7 Å². The van der Waals surface area contributed by atoms with E-state index in [9.17, 15) is 4.79 Å². The maximum atomic E-state index is 13.6. The number of hydrogen-bond acceptors (Lipinski definition) is 3. The Labute approximate surface area is 274 Å². The van der Waals surface area contributed by atoms with Crippen LogP contribution in [0.2, 0.25) is 5.04 Å². The van der Waals surface area contributed by atoms with Crippen molar-refractivity contribution in [2.24, 2.45) is 0 Å². The van der Waals surface area contributed by atoms with Gasteiger partial charge in [-0.25, -0.2) is 9.69 Å². The summed E-state index contributed by atoms with van der Waals surface area (Å²) in [6, 6.07) is 47.2. The smallest absolute Gasteiger partial charge is 0.419 e. The third-order valence-electron chi connectivity index (χ3n) is 8.73. The Kier molecular flexibility index (Phi) is 9.22. The lowest BCUT2D eigenvalue weighted by molar-refractivity contribution is 0.165. The Morgan fingerprint density at radius 2 is 1.20 bits per heavy atom. The maximum Gasteiger partial charge on any atom is 0.419 e. The summed E-state index contributed by atoms with van der Waals surface area (Å²) in [5, 5.41) is 2.37. The lowest BCUT2D eigenvalue weighted by Gasteiger charge is -2.43. The molecule has 0 N–H and O–H groups in total. The number of rotatable bonds is 8. The van der Waals surface area contributed by atoms with Crippen LogP contribution in [0.3, 0.4) is 0 Å². The van der Waals surface area contributed by atoms with Crippen LogP contribution >= 0.6 is 0 Å². The molecule has 232 valence electrons. The van der Waals surface area contributed by atoms with Crippen LogP contribution in [0.25, 0.3) is 6.08 Å². The maximum absolute atomic E-state index is 13.6. The van der Waals surface area contributed by atoms with Crippen molar-refractivity contribution in [2.45, 2.75) is 45.1 Å². The van der Waals surface area contributed by atoms with Crippen molar-refractivity contribution >= 4 is 42.2 Å². The number of fused-ring (bicyclic) bond motifs is 1. The van der Waals surface area contributed by atoms with E-state index < -0.39 is 14.4 Å². The van der Waals surface area contributed by atoms with Crippen LogP contribution < -0.4 is 19.7 Å². The van der Waals surface area contributed by atoms with Crippen LogP contribution in [0, 0.1) is 0 Å². The lowest BCUT2D eigenvalue weighted by Crippen LogP contribution is -2.68. The highest BCUT2D eigenvalue weighted by molar-refractivity contribution is 7.00. The molecule has 5 aromatic rings. The second-order valence-corrected chi connectivity index (χ2v) is 17.0. The molecule has 1 aliphatic carbocycles. The summed E-state index contributed by atoms with van der Waals surface area (Å²) in [4.78, 5) is 15.2. The number of carbonyl (C=O) groups is 1. The summed E-state index contributed by atoms with van der Waals surface area (Å²) in [6.45, 7) is 7.15. The molecule has 5 aromatic carbocycles. The molecule has 46 heavy (non-hydrogen) atoms. The molecule has 5 heteroatoms. The average Bonchev–Trinajstić information content (AvgIpc) is 3.30. The molecule has 0 radical (unpaired) electrons. The summed E-state index contributed by atoms with van der Waals surface area (Å²) in [7, 11) is -2.79. The fourth-order valence-electron chi connectivity index (χ4n) is 6.53. The fourth-order valence-corrected chi connectivity index (χ4v) is 11.0. The van der Waals surface area contributed by atoms with Crippen molar-refractivity contribution in [3.05, 3.63) is 156 Å². The number of carbonyl (C=O) groups excluding carboxylic acids is 1. The summed E-state index contributed by atoms with van der Waals surface area (Å²) in [5.41, 5.74) is 4.97. The van der Waals surface area contributed by atoms with Crippen molar-refractivity contribution in [1.29, 1.82) is 0 Å². The van der Waals surface area contributed by atoms with E-state index in [2.05, 4.69) is 106 Å². The molecule has 0 heterocycles. The molecule has 0 bridgehead atoms. The third kappa shape index (κ3) is 6.42. The van der Waals surface area contributed by atoms with E-state index in [0.29, 0.717) is 0 Å². The van der Waals surface area contributed by atoms with Gasteiger partial charge in [0.2, 0.25) is 0 Å². The zero-order valence-electron chi connectivity index (χ0n) is 26.9. The van der Waals surface area contributed by atoms with Crippen LogP contribution in [0.5, 0.6) is 5.75 Å². The van der Waals surface area contributed by atoms with Crippen molar-refractivity contribution in [1.82, 2.24) is 0 Å². The van der Waals surface area contributed by atoms with E-state index in [4.69, 9.17) is 9.16 Å². The van der Waals surface area contributed by atoms with E-state index in [1.807, 2.05) is 60.7 Å². The van der Waals surface area contributed by atoms with Gasteiger partial charge >= 0.3 is 14.4 Å². The number of para-hydroxylation sites is 2. The highest BCUT2D eigenvalue weighted by Gasteiger charge is 2.52. The Morgan fingerprint density at radius 1 is 0.674 bits per heavy atom. The molecule has 6 rings (SSSR count). The minimum Gasteiger partial charge on any atom is -0.534 e. The van der Waals surface area contributed by atoms with Crippen LogP contribution in [0.15, 0.2) is 145 Å². The van der Waals surface area contributed by atoms with Gasteiger partial charge in [-0.2, -0.15) is 0 Å². The standard InChI is InChI=1S/C41H41NO3Si/c1-41(2,3)46(36-24-12-6-13-25-36,37-26-14-7-15-27-37)45-39-29-17-19-33-30-32(18-16-28-38(33)39)31-44-40(43)42(34-20-8-4-9-21-34)35-22-10-5-11-23-35/h4-15,17,19-27,29-30H,16,18,28,31H2,1-3H3. The monoisotopic (exact) mass is 623 g/mol. The van der Waals surface area contributed by atoms with Gasteiger partial charge in [0.15, 0.2) is 0 Å². The number of amides is 1. The highest BCUT2D eigenvalue weighted by atomic mass is 28.4. The molecular weight excluding hydrogens is 583 g/mol. The molecule has 1 amide bonds. The zero-order valence-corrected chi connectivity index (χ0v) is 27.9. The first-order valence-corrected chi connectivity index (χ1v) is 18.0. The first-order valence-electron chi connectivity index (χ1n) is 16.1. The van der Waals surface area contributed by atoms with Gasteiger partial charge in [-0.3, -0.25) is 0 Å². The topological polar surface area (TPSA) is 38.8 Å². The number of ether oxygens (including phenoxy) is 1. The largest absolute Gasteiger partial charge is 0.534 e. The molecule has 0 unspecified atom stereocenters. The van der Waals surface area contributed by atoms with Gasteiger partial charge in [-0.15, -0.1) is 0 Å². The predicted octanol–water partition coefficient (Wildman–Crippen LogP) is 9.32. The molecule has 0 aliphatic heterocycles. The Bertz CT molecular complexity index is 1700. The van der Waals surface area contributed by atoms with Gasteiger partial charge in [0.05, 0.1) is 11.4 Å². The Morgan fingerprint density at radius 3 is 1.72 bits per heavy atom. The quantitative estimate of drug-likeness (QED) is 0.162. The summed E-state index contributed by atoms with van der Waals surface area (Å²) >= 11 is 0. The predicted molar refractivity (Wildman–Crippen MR) is 192 cm³/mol. The van der Waals surface area contributed by atoms with Crippen LogP contribution in [0.4, 0.5) is 16.2 Å². The Balaban J connectivity index is 1.31. The van der Waals surface area contributed by atoms with Crippen molar-refractivity contribution in [3.8, 4) is 5.75 Å². The first kappa shape index (κ1) is 31.1. The average molecular weight is 624 g/mol. The van der Waals surface area contributed by atoms with Crippen LogP contribution in [-0.2, 0) is 11.2 Å². The van der Waals surface area contributed by atoms with Crippen molar-refractivity contribution < 1.29 is 14.0 Å². The molecule has 0 aromatic heterocycles. The lowest BCUT2D eigenvalue weighted by atomic mass is 10.0. The highest BCUT2D eigenvalue weighted by Crippen LogP contribution is 2.40. The van der Waals surface area contributed by atoms with Crippen LogP contribution in [-0.4, -0.2) is 21.0 Å². The van der Waals surface area contributed by atoms with Crippen LogP contribution in [0.1, 0.15) is 44.7 Å². The van der Waals surface area contributed by atoms with E-state index in [0.717, 1.165) is 47.5 Å². The molecule has 0 saturated heterocycles. The van der Waals surface area contributed by atoms with E-state index >= 15 is 0 Å². The summed E-state index contributed by atoms with van der Waals surface area (Å²) < 4.78 is 13.5. The molecule has 0 spiro atoms. The number of benzene rings is 5. The molecule has 4 nitrogen and oxygen atoms in total. The summed E-state index contributed by atoms with van der Waals surface area (Å²) in [5.74, 6) is 0.945. The van der Waals surface area contributed by atoms with Gasteiger partial charge in [0.25, 0.3) is 0 Å². The molecule has 0 saturated carbocycles. The van der Waals surface area contributed by atoms with Crippen molar-refractivity contribution in [2.75, 3.05) is 11.5 Å². The summed E-state index contributed by atoms with van der Waals surface area (Å²) in [6.07, 6.45) is 4.48. The number of anilines is 2. The van der Waals surface area contributed by atoms with Gasteiger partial charge in [0.1, 0.15) is 12.4 Å². The fraction of sp³-hybridized carbons (Fsp3) is 0.195. The van der Waals surface area contributed by atoms with E-state index in [1.165, 1.54) is 15.9 Å².